The molecule has 47 heavy (non-hydrogen) atoms. The average Bonchev–Trinajstić information content (AvgIpc) is 3.02. The molecule has 0 aliphatic carbocycles. The molecule has 4 atom stereocenters. The van der Waals surface area contributed by atoms with Crippen molar-refractivity contribution < 1.29 is 60.6 Å². The van der Waals surface area contributed by atoms with E-state index in [9.17, 15) is 0 Å². The summed E-state index contributed by atoms with van der Waals surface area (Å²) in [7, 11) is 0. The van der Waals surface area contributed by atoms with Crippen molar-refractivity contribution in [1.29, 1.82) is 0 Å². The molecule has 0 spiro atoms. The molecule has 4 unspecified atom stereocenters. The Morgan fingerprint density at radius 1 is 0.532 bits per heavy atom. The van der Waals surface area contributed by atoms with Gasteiger partial charge in [-0.25, -0.2) is 9.97 Å². The second-order valence-electron chi connectivity index (χ2n) is 10.3. The van der Waals surface area contributed by atoms with Crippen LogP contribution in [0.3, 0.4) is 0 Å². The van der Waals surface area contributed by atoms with Crippen molar-refractivity contribution in [3.8, 4) is 34.2 Å². The Morgan fingerprint density at radius 2 is 0.936 bits per heavy atom. The standard InChI is InChI=1S/C15H10N3.C10H8N3.2C5H12O2.2Ir/c1-3-7-12(8-4-1)14-16-11-17-15(18-14)13-9-5-2-6-10-13;1-8-11-7-12-10(13-8)9-5-3-2-4-6-9;2*1-4(6)3-5(2)7;;/h1-9,11H;2-5,7H,1H3;2*4-7H,3H2,1-2H3;;/q2*-1;;;;. The van der Waals surface area contributed by atoms with E-state index in [1.165, 1.54) is 12.7 Å². The molecule has 5 rings (SSSR count). The molecule has 2 heterocycles. The fourth-order valence-electron chi connectivity index (χ4n) is 3.71. The van der Waals surface area contributed by atoms with Crippen LogP contribution in [0.25, 0.3) is 34.2 Å². The normalized spacial score (nSPS) is 12.3. The minimum atomic E-state index is -0.375. The number of hydrogen-bond acceptors (Lipinski definition) is 10. The Balaban J connectivity index is 0.000000645. The van der Waals surface area contributed by atoms with E-state index in [1.54, 1.807) is 27.7 Å². The van der Waals surface area contributed by atoms with Crippen molar-refractivity contribution in [3.63, 3.8) is 0 Å². The van der Waals surface area contributed by atoms with E-state index in [2.05, 4.69) is 42.0 Å². The van der Waals surface area contributed by atoms with E-state index >= 15 is 0 Å². The SMILES string of the molecule is CC(O)CC(C)O.CC(O)CC(C)O.Cc1ncnc(-c2[c-]cccc2)n1.[Ir].[Ir].[c-]1ccccc1-c1ncnc(-c2ccccc2)n1. The van der Waals surface area contributed by atoms with Gasteiger partial charge in [0.2, 0.25) is 0 Å². The topological polar surface area (TPSA) is 158 Å². The first kappa shape index (κ1) is 43.8. The zero-order valence-electron chi connectivity index (χ0n) is 27.0. The summed E-state index contributed by atoms with van der Waals surface area (Å²) in [4.78, 5) is 25.0. The fourth-order valence-corrected chi connectivity index (χ4v) is 3.71. The molecule has 0 saturated carbocycles. The van der Waals surface area contributed by atoms with Crippen LogP contribution in [0.5, 0.6) is 0 Å². The molecule has 2 radical (unpaired) electrons. The maximum Gasteiger partial charge on any atom is 0.153 e. The summed E-state index contributed by atoms with van der Waals surface area (Å²) in [6, 6.07) is 31.3. The Bertz CT molecular complexity index is 1400. The molecule has 3 aromatic carbocycles. The first-order valence-electron chi connectivity index (χ1n) is 14.6. The first-order chi connectivity index (χ1) is 21.5. The summed E-state index contributed by atoms with van der Waals surface area (Å²) >= 11 is 0. The number of nitrogens with zero attached hydrogens (tertiary/aromatic N) is 6. The number of hydrogen-bond donors (Lipinski definition) is 4. The molecule has 10 nitrogen and oxygen atoms in total. The van der Waals surface area contributed by atoms with Crippen molar-refractivity contribution in [1.82, 2.24) is 29.9 Å². The molecular formula is C35H42Ir2N6O4-2. The minimum absolute atomic E-state index is 0. The van der Waals surface area contributed by atoms with Crippen molar-refractivity contribution in [3.05, 3.63) is 109 Å². The molecule has 0 aliphatic rings. The predicted octanol–water partition coefficient (Wildman–Crippen LogP) is 4.92. The first-order valence-corrected chi connectivity index (χ1v) is 14.6. The van der Waals surface area contributed by atoms with E-state index in [-0.39, 0.29) is 64.6 Å². The van der Waals surface area contributed by atoms with Crippen LogP contribution in [0, 0.1) is 19.1 Å². The molecule has 0 aliphatic heterocycles. The molecule has 12 heteroatoms. The summed E-state index contributed by atoms with van der Waals surface area (Å²) < 4.78 is 0. The van der Waals surface area contributed by atoms with E-state index in [0.717, 1.165) is 22.5 Å². The van der Waals surface area contributed by atoms with E-state index in [4.69, 9.17) is 20.4 Å². The zero-order chi connectivity index (χ0) is 33.0. The van der Waals surface area contributed by atoms with Gasteiger partial charge in [-0.3, -0.25) is 19.9 Å². The van der Waals surface area contributed by atoms with Crippen LogP contribution >= 0.6 is 0 Å². The Morgan fingerprint density at radius 3 is 1.32 bits per heavy atom. The predicted molar refractivity (Wildman–Crippen MR) is 174 cm³/mol. The van der Waals surface area contributed by atoms with Crippen molar-refractivity contribution >= 4 is 0 Å². The van der Waals surface area contributed by atoms with Crippen LogP contribution in [0.15, 0.2) is 91.5 Å². The third-order valence-electron chi connectivity index (χ3n) is 5.56. The largest absolute Gasteiger partial charge is 0.393 e. The van der Waals surface area contributed by atoms with E-state index in [1.807, 2.05) is 85.8 Å². The van der Waals surface area contributed by atoms with Crippen molar-refractivity contribution in [2.75, 3.05) is 0 Å². The number of aryl methyl sites for hydroxylation is 1. The van der Waals surface area contributed by atoms with Crippen molar-refractivity contribution in [2.24, 2.45) is 0 Å². The smallest absolute Gasteiger partial charge is 0.153 e. The molecule has 0 fully saturated rings. The van der Waals surface area contributed by atoms with Gasteiger partial charge in [0.1, 0.15) is 18.5 Å². The monoisotopic (exact) mass is 996 g/mol. The van der Waals surface area contributed by atoms with E-state index in [0.29, 0.717) is 30.3 Å². The van der Waals surface area contributed by atoms with Crippen LogP contribution in [0.2, 0.25) is 0 Å². The summed E-state index contributed by atoms with van der Waals surface area (Å²) in [6.07, 6.45) is 2.49. The third kappa shape index (κ3) is 19.3. The van der Waals surface area contributed by atoms with Gasteiger partial charge < -0.3 is 20.4 Å². The quantitative estimate of drug-likeness (QED) is 0.165. The van der Waals surface area contributed by atoms with Gasteiger partial charge in [0.05, 0.1) is 36.1 Å². The minimum Gasteiger partial charge on any atom is -0.393 e. The Labute approximate surface area is 304 Å². The third-order valence-corrected chi connectivity index (χ3v) is 5.56. The zero-order valence-corrected chi connectivity index (χ0v) is 31.8. The molecule has 5 aromatic rings. The number of aromatic nitrogens is 6. The molecule has 256 valence electrons. The number of aliphatic hydroxyl groups excluding tert-OH is 4. The van der Waals surface area contributed by atoms with Gasteiger partial charge in [0.25, 0.3) is 0 Å². The molecule has 0 amide bonds. The second-order valence-corrected chi connectivity index (χ2v) is 10.3. The van der Waals surface area contributed by atoms with Crippen LogP contribution < -0.4 is 0 Å². The molecule has 2 aromatic heterocycles. The van der Waals surface area contributed by atoms with Gasteiger partial charge in [-0.2, -0.15) is 0 Å². The van der Waals surface area contributed by atoms with Gasteiger partial charge in [0, 0.05) is 45.8 Å². The second kappa shape index (κ2) is 24.9. The van der Waals surface area contributed by atoms with Crippen LogP contribution in [0.4, 0.5) is 0 Å². The Hall–Kier alpha value is -3.18. The summed E-state index contributed by atoms with van der Waals surface area (Å²) in [5, 5.41) is 34.3. The summed E-state index contributed by atoms with van der Waals surface area (Å²) in [6.45, 7) is 8.48. The maximum atomic E-state index is 8.56. The van der Waals surface area contributed by atoms with Crippen molar-refractivity contribution in [2.45, 2.75) is 71.9 Å². The number of aliphatic hydroxyl groups is 4. The van der Waals surface area contributed by atoms with Gasteiger partial charge in [-0.05, 0) is 47.5 Å². The van der Waals surface area contributed by atoms with Gasteiger partial charge in [-0.15, -0.1) is 71.8 Å². The molecule has 0 bridgehead atoms. The number of rotatable bonds is 7. The van der Waals surface area contributed by atoms with Gasteiger partial charge >= 0.3 is 0 Å². The summed E-state index contributed by atoms with van der Waals surface area (Å²) in [5.74, 6) is 2.72. The van der Waals surface area contributed by atoms with Crippen LogP contribution in [-0.2, 0) is 40.2 Å². The summed E-state index contributed by atoms with van der Waals surface area (Å²) in [5.41, 5.74) is 2.75. The van der Waals surface area contributed by atoms with Crippen LogP contribution in [-0.4, -0.2) is 74.7 Å². The van der Waals surface area contributed by atoms with Gasteiger partial charge in [-0.1, -0.05) is 30.3 Å². The average molecular weight is 995 g/mol. The molecule has 4 N–H and O–H groups in total. The maximum absolute atomic E-state index is 8.56. The van der Waals surface area contributed by atoms with E-state index < -0.39 is 0 Å². The molecular weight excluding hydrogens is 953 g/mol. The molecule has 0 saturated heterocycles. The Kier molecular flexibility index (Phi) is 23.2. The van der Waals surface area contributed by atoms with Gasteiger partial charge in [0.15, 0.2) is 5.82 Å². The van der Waals surface area contributed by atoms with Crippen LogP contribution in [0.1, 0.15) is 46.4 Å². The number of benzene rings is 3. The fraction of sp³-hybridized carbons (Fsp3) is 0.314.